The van der Waals surface area contributed by atoms with Crippen molar-refractivity contribution < 1.29 is 0 Å². The average molecular weight is 276 g/mol. The van der Waals surface area contributed by atoms with Crippen LogP contribution < -0.4 is 0 Å². The van der Waals surface area contributed by atoms with Crippen LogP contribution in [0.2, 0.25) is 0 Å². The van der Waals surface area contributed by atoms with Crippen LogP contribution in [0.25, 0.3) is 10.8 Å². The zero-order chi connectivity index (χ0) is 12.5. The standard InChI is InChI=1S/C17H21N.ClH/c1-3-18(4-2)16-11-14-9-5-7-13-8-6-10-15(12-16)17(13)14;/h5-10,16H,3-4,11-12H2,1-2H3;1H. The molecule has 0 aliphatic heterocycles. The molecule has 102 valence electrons. The molecule has 0 unspecified atom stereocenters. The third-order valence-electron chi connectivity index (χ3n) is 4.32. The second-order valence-electron chi connectivity index (χ2n) is 5.22. The maximum absolute atomic E-state index is 2.59. The van der Waals surface area contributed by atoms with Gasteiger partial charge in [0.05, 0.1) is 0 Å². The molecule has 1 aliphatic rings. The van der Waals surface area contributed by atoms with Crippen LogP contribution in [0, 0.1) is 0 Å². The summed E-state index contributed by atoms with van der Waals surface area (Å²) in [6, 6.07) is 14.2. The Kier molecular flexibility index (Phi) is 4.49. The van der Waals surface area contributed by atoms with Crippen molar-refractivity contribution in [1.29, 1.82) is 0 Å². The number of rotatable bonds is 3. The van der Waals surface area contributed by atoms with E-state index in [1.807, 2.05) is 0 Å². The smallest absolute Gasteiger partial charge is 0.0176 e. The van der Waals surface area contributed by atoms with Crippen LogP contribution in [-0.2, 0) is 12.8 Å². The summed E-state index contributed by atoms with van der Waals surface area (Å²) in [5.74, 6) is 0. The van der Waals surface area contributed by atoms with Gasteiger partial charge in [0.1, 0.15) is 0 Å². The van der Waals surface area contributed by atoms with Crippen molar-refractivity contribution in [3.63, 3.8) is 0 Å². The highest BCUT2D eigenvalue weighted by Crippen LogP contribution is 2.31. The minimum atomic E-state index is 0. The molecule has 0 fully saturated rings. The fourth-order valence-corrected chi connectivity index (χ4v) is 3.42. The lowest BCUT2D eigenvalue weighted by molar-refractivity contribution is 0.212. The number of hydrogen-bond acceptors (Lipinski definition) is 1. The highest BCUT2D eigenvalue weighted by Gasteiger charge is 2.23. The summed E-state index contributed by atoms with van der Waals surface area (Å²) in [5, 5.41) is 2.92. The Morgan fingerprint density at radius 3 is 1.95 bits per heavy atom. The normalized spacial score (nSPS) is 14.7. The van der Waals surface area contributed by atoms with E-state index in [0.29, 0.717) is 6.04 Å². The zero-order valence-corrected chi connectivity index (χ0v) is 12.5. The fourth-order valence-electron chi connectivity index (χ4n) is 3.42. The number of likely N-dealkylation sites (N-methyl/N-ethyl adjacent to an activating group) is 1. The maximum Gasteiger partial charge on any atom is 0.0176 e. The molecule has 0 saturated heterocycles. The average Bonchev–Trinajstić information content (AvgIpc) is 2.41. The first kappa shape index (κ1) is 14.4. The highest BCUT2D eigenvalue weighted by atomic mass is 35.5. The van der Waals surface area contributed by atoms with Crippen LogP contribution in [-0.4, -0.2) is 24.0 Å². The Morgan fingerprint density at radius 2 is 1.47 bits per heavy atom. The van der Waals surface area contributed by atoms with Crippen molar-refractivity contribution in [3.05, 3.63) is 47.5 Å². The van der Waals surface area contributed by atoms with Gasteiger partial charge >= 0.3 is 0 Å². The van der Waals surface area contributed by atoms with Gasteiger partial charge in [0, 0.05) is 6.04 Å². The Hall–Kier alpha value is -1.05. The molecule has 0 atom stereocenters. The van der Waals surface area contributed by atoms with Gasteiger partial charge in [0.2, 0.25) is 0 Å². The first-order chi connectivity index (χ1) is 8.83. The van der Waals surface area contributed by atoms with Crippen molar-refractivity contribution in [3.8, 4) is 0 Å². The van der Waals surface area contributed by atoms with Crippen molar-refractivity contribution in [2.24, 2.45) is 0 Å². The SMILES string of the molecule is CCN(CC)C1Cc2cccc3cccc(c23)C1.Cl. The minimum Gasteiger partial charge on any atom is -0.300 e. The molecule has 3 rings (SSSR count). The lowest BCUT2D eigenvalue weighted by atomic mass is 9.85. The van der Waals surface area contributed by atoms with Gasteiger partial charge in [-0.25, -0.2) is 0 Å². The first-order valence-corrected chi connectivity index (χ1v) is 7.07. The quantitative estimate of drug-likeness (QED) is 0.816. The van der Waals surface area contributed by atoms with Crippen molar-refractivity contribution in [2.75, 3.05) is 13.1 Å². The molecule has 2 aromatic carbocycles. The summed E-state index contributed by atoms with van der Waals surface area (Å²) < 4.78 is 0. The van der Waals surface area contributed by atoms with E-state index < -0.39 is 0 Å². The van der Waals surface area contributed by atoms with Crippen LogP contribution >= 0.6 is 12.4 Å². The van der Waals surface area contributed by atoms with Crippen molar-refractivity contribution >= 4 is 23.2 Å². The van der Waals surface area contributed by atoms with E-state index in [1.165, 1.54) is 34.7 Å². The molecule has 2 heteroatoms. The fraction of sp³-hybridized carbons (Fsp3) is 0.412. The lowest BCUT2D eigenvalue weighted by Crippen LogP contribution is -2.39. The molecule has 0 radical (unpaired) electrons. The predicted molar refractivity (Wildman–Crippen MR) is 85.3 cm³/mol. The van der Waals surface area contributed by atoms with Crippen LogP contribution in [0.4, 0.5) is 0 Å². The van der Waals surface area contributed by atoms with Gasteiger partial charge in [0.15, 0.2) is 0 Å². The molecule has 0 heterocycles. The number of nitrogens with zero attached hydrogens (tertiary/aromatic N) is 1. The molecule has 0 aromatic heterocycles. The maximum atomic E-state index is 2.59. The summed E-state index contributed by atoms with van der Waals surface area (Å²) in [4.78, 5) is 2.59. The van der Waals surface area contributed by atoms with Gasteiger partial charge in [0.25, 0.3) is 0 Å². The Balaban J connectivity index is 0.00000133. The van der Waals surface area contributed by atoms with Gasteiger partial charge in [-0.1, -0.05) is 50.2 Å². The van der Waals surface area contributed by atoms with Gasteiger partial charge in [-0.05, 0) is 47.8 Å². The third-order valence-corrected chi connectivity index (χ3v) is 4.32. The van der Waals surface area contributed by atoms with Crippen molar-refractivity contribution in [1.82, 2.24) is 4.90 Å². The number of hydrogen-bond donors (Lipinski definition) is 0. The van der Waals surface area contributed by atoms with Crippen LogP contribution in [0.5, 0.6) is 0 Å². The summed E-state index contributed by atoms with van der Waals surface area (Å²) in [7, 11) is 0. The van der Waals surface area contributed by atoms with Gasteiger partial charge in [-0.3, -0.25) is 0 Å². The largest absolute Gasteiger partial charge is 0.300 e. The van der Waals surface area contributed by atoms with Crippen molar-refractivity contribution in [2.45, 2.75) is 32.7 Å². The van der Waals surface area contributed by atoms with E-state index >= 15 is 0 Å². The molecular formula is C17H22ClN. The van der Waals surface area contributed by atoms with Crippen LogP contribution in [0.3, 0.4) is 0 Å². The number of benzene rings is 2. The van der Waals surface area contributed by atoms with Crippen LogP contribution in [0.15, 0.2) is 36.4 Å². The molecule has 0 bridgehead atoms. The Bertz CT molecular complexity index is 519. The Labute approximate surface area is 122 Å². The van der Waals surface area contributed by atoms with Gasteiger partial charge < -0.3 is 4.90 Å². The molecular weight excluding hydrogens is 254 g/mol. The summed E-state index contributed by atoms with van der Waals surface area (Å²) in [6.45, 7) is 6.84. The lowest BCUT2D eigenvalue weighted by Gasteiger charge is -2.33. The Morgan fingerprint density at radius 1 is 0.947 bits per heavy atom. The zero-order valence-electron chi connectivity index (χ0n) is 11.7. The molecule has 2 aromatic rings. The summed E-state index contributed by atoms with van der Waals surface area (Å²) >= 11 is 0. The summed E-state index contributed by atoms with van der Waals surface area (Å²) in [6.07, 6.45) is 2.41. The van der Waals surface area contributed by atoms with E-state index in [1.54, 1.807) is 0 Å². The molecule has 19 heavy (non-hydrogen) atoms. The van der Waals surface area contributed by atoms with E-state index in [0.717, 1.165) is 13.1 Å². The van der Waals surface area contributed by atoms with Gasteiger partial charge in [-0.15, -0.1) is 12.4 Å². The topological polar surface area (TPSA) is 3.24 Å². The van der Waals surface area contributed by atoms with Gasteiger partial charge in [-0.2, -0.15) is 0 Å². The minimum absolute atomic E-state index is 0. The van der Waals surface area contributed by atoms with E-state index in [-0.39, 0.29) is 12.4 Å². The third kappa shape index (κ3) is 2.50. The predicted octanol–water partition coefficient (Wildman–Crippen LogP) is 4.07. The van der Waals surface area contributed by atoms with E-state index in [9.17, 15) is 0 Å². The monoisotopic (exact) mass is 275 g/mol. The molecule has 0 spiro atoms. The summed E-state index contributed by atoms with van der Waals surface area (Å²) in [5.41, 5.74) is 3.07. The number of halogens is 1. The molecule has 1 nitrogen and oxygen atoms in total. The molecule has 0 saturated carbocycles. The molecule has 0 N–H and O–H groups in total. The van der Waals surface area contributed by atoms with E-state index in [4.69, 9.17) is 0 Å². The molecule has 1 aliphatic carbocycles. The first-order valence-electron chi connectivity index (χ1n) is 7.07. The molecule has 0 amide bonds. The van der Waals surface area contributed by atoms with Crippen LogP contribution in [0.1, 0.15) is 25.0 Å². The second-order valence-corrected chi connectivity index (χ2v) is 5.22. The second kappa shape index (κ2) is 5.94. The van der Waals surface area contributed by atoms with E-state index in [2.05, 4.69) is 55.1 Å². The highest BCUT2D eigenvalue weighted by molar-refractivity contribution is 5.89.